The van der Waals surface area contributed by atoms with E-state index in [1.807, 2.05) is 0 Å². The Hall–Kier alpha value is -1.60. The summed E-state index contributed by atoms with van der Waals surface area (Å²) in [4.78, 5) is 0. The molecule has 0 bridgehead atoms. The molecule has 2 unspecified atom stereocenters. The van der Waals surface area contributed by atoms with Crippen LogP contribution in [0.5, 0.6) is 0 Å². The van der Waals surface area contributed by atoms with Crippen molar-refractivity contribution in [3.63, 3.8) is 0 Å². The van der Waals surface area contributed by atoms with Gasteiger partial charge in [-0.3, -0.25) is 0 Å². The second-order valence-electron chi connectivity index (χ2n) is 4.33. The topological polar surface area (TPSA) is 12.0 Å². The Morgan fingerprint density at radius 2 is 1.06 bits per heavy atom. The normalized spacial score (nSPS) is 23.8. The van der Waals surface area contributed by atoms with Gasteiger partial charge in [-0.2, -0.15) is 0 Å². The van der Waals surface area contributed by atoms with E-state index in [1.54, 1.807) is 0 Å². The van der Waals surface area contributed by atoms with E-state index in [4.69, 9.17) is 0 Å². The third-order valence-corrected chi connectivity index (χ3v) is 3.28. The molecule has 0 aliphatic carbocycles. The van der Waals surface area contributed by atoms with E-state index >= 15 is 0 Å². The second-order valence-corrected chi connectivity index (χ2v) is 4.33. The highest BCUT2D eigenvalue weighted by Gasteiger charge is 2.29. The van der Waals surface area contributed by atoms with E-state index in [1.165, 1.54) is 17.5 Å². The van der Waals surface area contributed by atoms with Crippen molar-refractivity contribution in [3.8, 4) is 0 Å². The van der Waals surface area contributed by atoms with Crippen LogP contribution >= 0.6 is 0 Å². The van der Waals surface area contributed by atoms with Crippen LogP contribution in [0.25, 0.3) is 0 Å². The zero-order valence-electron chi connectivity index (χ0n) is 9.14. The molecule has 80 valence electrons. The average Bonchev–Trinajstić information content (AvgIpc) is 2.30. The fourth-order valence-corrected chi connectivity index (χ4v) is 2.29. The summed E-state index contributed by atoms with van der Waals surface area (Å²) < 4.78 is 0. The summed E-state index contributed by atoms with van der Waals surface area (Å²) in [6.07, 6.45) is 1.20. The lowest BCUT2D eigenvalue weighted by Gasteiger charge is -2.38. The summed E-state index contributed by atoms with van der Waals surface area (Å²) in [7, 11) is 0. The summed E-state index contributed by atoms with van der Waals surface area (Å²) in [6.45, 7) is 0. The van der Waals surface area contributed by atoms with Crippen molar-refractivity contribution in [2.24, 2.45) is 0 Å². The first-order valence-electron chi connectivity index (χ1n) is 5.79. The molecule has 1 saturated heterocycles. The molecule has 16 heavy (non-hydrogen) atoms. The van der Waals surface area contributed by atoms with Gasteiger partial charge in [0.15, 0.2) is 0 Å². The molecule has 1 nitrogen and oxygen atoms in total. The number of hydrogen-bond acceptors (Lipinski definition) is 1. The molecule has 0 amide bonds. The lowest BCUT2D eigenvalue weighted by molar-refractivity contribution is 0.273. The van der Waals surface area contributed by atoms with Gasteiger partial charge in [0.05, 0.1) is 0 Å². The molecule has 1 fully saturated rings. The van der Waals surface area contributed by atoms with Crippen LogP contribution in [-0.4, -0.2) is 0 Å². The summed E-state index contributed by atoms with van der Waals surface area (Å²) in [5.41, 5.74) is 2.80. The molecule has 0 spiro atoms. The average molecular weight is 209 g/mol. The molecule has 0 aromatic heterocycles. The minimum Gasteiger partial charge on any atom is -0.303 e. The van der Waals surface area contributed by atoms with Gasteiger partial charge in [0, 0.05) is 12.1 Å². The van der Waals surface area contributed by atoms with Crippen LogP contribution in [0.2, 0.25) is 0 Å². The van der Waals surface area contributed by atoms with Crippen molar-refractivity contribution >= 4 is 0 Å². The summed E-state index contributed by atoms with van der Waals surface area (Å²) >= 11 is 0. The zero-order chi connectivity index (χ0) is 10.8. The van der Waals surface area contributed by atoms with Crippen molar-refractivity contribution in [2.75, 3.05) is 0 Å². The smallest absolute Gasteiger partial charge is 0.0343 e. The van der Waals surface area contributed by atoms with E-state index in [2.05, 4.69) is 66.0 Å². The van der Waals surface area contributed by atoms with Crippen LogP contribution in [-0.2, 0) is 0 Å². The van der Waals surface area contributed by atoms with Crippen LogP contribution in [0.1, 0.15) is 29.6 Å². The maximum Gasteiger partial charge on any atom is 0.0343 e. The SMILES string of the molecule is c1ccc(C2CC(c3ccccc3)N2)cc1. The number of hydrogen-bond donors (Lipinski definition) is 1. The van der Waals surface area contributed by atoms with Crippen LogP contribution in [0.15, 0.2) is 60.7 Å². The van der Waals surface area contributed by atoms with Gasteiger partial charge in [0.1, 0.15) is 0 Å². The van der Waals surface area contributed by atoms with Gasteiger partial charge in [0.25, 0.3) is 0 Å². The molecule has 0 saturated carbocycles. The molecule has 2 aromatic carbocycles. The molecule has 1 aliphatic rings. The lowest BCUT2D eigenvalue weighted by Crippen LogP contribution is -2.38. The molecular weight excluding hydrogens is 194 g/mol. The van der Waals surface area contributed by atoms with Gasteiger partial charge in [-0.25, -0.2) is 0 Å². The van der Waals surface area contributed by atoms with Gasteiger partial charge in [-0.15, -0.1) is 0 Å². The molecule has 3 rings (SSSR count). The van der Waals surface area contributed by atoms with Gasteiger partial charge in [0.2, 0.25) is 0 Å². The highest BCUT2D eigenvalue weighted by atomic mass is 15.0. The van der Waals surface area contributed by atoms with Crippen molar-refractivity contribution < 1.29 is 0 Å². The first kappa shape index (κ1) is 9.61. The van der Waals surface area contributed by atoms with E-state index in [0.29, 0.717) is 12.1 Å². The number of benzene rings is 2. The van der Waals surface area contributed by atoms with Crippen LogP contribution in [0.3, 0.4) is 0 Å². The second kappa shape index (κ2) is 4.11. The molecular formula is C15H15N. The van der Waals surface area contributed by atoms with Crippen molar-refractivity contribution in [1.29, 1.82) is 0 Å². The Morgan fingerprint density at radius 3 is 1.44 bits per heavy atom. The standard InChI is InChI=1S/C15H15N/c1-3-7-12(8-4-1)14-11-15(16-14)13-9-5-2-6-10-13/h1-10,14-16H,11H2. The Labute approximate surface area is 96.1 Å². The molecule has 0 radical (unpaired) electrons. The number of rotatable bonds is 2. The fraction of sp³-hybridized carbons (Fsp3) is 0.200. The molecule has 1 heteroatoms. The minimum atomic E-state index is 0.534. The quantitative estimate of drug-likeness (QED) is 0.798. The third kappa shape index (κ3) is 1.74. The Bertz CT molecular complexity index is 400. The molecule has 2 aromatic rings. The Morgan fingerprint density at radius 1 is 0.688 bits per heavy atom. The summed E-state index contributed by atoms with van der Waals surface area (Å²) in [5.74, 6) is 0. The highest BCUT2D eigenvalue weighted by Crippen LogP contribution is 2.36. The van der Waals surface area contributed by atoms with E-state index < -0.39 is 0 Å². The first-order valence-corrected chi connectivity index (χ1v) is 5.79. The first-order chi connectivity index (χ1) is 7.93. The van der Waals surface area contributed by atoms with E-state index in [-0.39, 0.29) is 0 Å². The van der Waals surface area contributed by atoms with Crippen LogP contribution in [0, 0.1) is 0 Å². The maximum absolute atomic E-state index is 3.61. The molecule has 2 atom stereocenters. The lowest BCUT2D eigenvalue weighted by atomic mass is 9.87. The zero-order valence-corrected chi connectivity index (χ0v) is 9.14. The minimum absolute atomic E-state index is 0.534. The van der Waals surface area contributed by atoms with Crippen LogP contribution < -0.4 is 5.32 Å². The number of nitrogens with one attached hydrogen (secondary N) is 1. The van der Waals surface area contributed by atoms with Crippen molar-refractivity contribution in [3.05, 3.63) is 71.8 Å². The molecule has 1 heterocycles. The monoisotopic (exact) mass is 209 g/mol. The Kier molecular flexibility index (Phi) is 2.47. The van der Waals surface area contributed by atoms with E-state index in [0.717, 1.165) is 0 Å². The molecule has 1 N–H and O–H groups in total. The fourth-order valence-electron chi connectivity index (χ4n) is 2.29. The predicted molar refractivity (Wildman–Crippen MR) is 66.1 cm³/mol. The van der Waals surface area contributed by atoms with Crippen LogP contribution in [0.4, 0.5) is 0 Å². The summed E-state index contributed by atoms with van der Waals surface area (Å²) in [6, 6.07) is 22.4. The molecule has 1 aliphatic heterocycles. The van der Waals surface area contributed by atoms with E-state index in [9.17, 15) is 0 Å². The van der Waals surface area contributed by atoms with Crippen molar-refractivity contribution in [2.45, 2.75) is 18.5 Å². The highest BCUT2D eigenvalue weighted by molar-refractivity contribution is 5.27. The van der Waals surface area contributed by atoms with Gasteiger partial charge in [-0.05, 0) is 17.5 Å². The largest absolute Gasteiger partial charge is 0.303 e. The third-order valence-electron chi connectivity index (χ3n) is 3.28. The van der Waals surface area contributed by atoms with Crippen molar-refractivity contribution in [1.82, 2.24) is 5.32 Å². The maximum atomic E-state index is 3.61. The van der Waals surface area contributed by atoms with Gasteiger partial charge < -0.3 is 5.32 Å². The summed E-state index contributed by atoms with van der Waals surface area (Å²) in [5, 5.41) is 3.61. The van der Waals surface area contributed by atoms with Gasteiger partial charge >= 0.3 is 0 Å². The predicted octanol–water partition coefficient (Wildman–Crippen LogP) is 3.46. The van der Waals surface area contributed by atoms with Gasteiger partial charge in [-0.1, -0.05) is 60.7 Å². The Balaban J connectivity index is 1.68.